The average Bonchev–Trinajstić information content (AvgIpc) is 2.79. The van der Waals surface area contributed by atoms with E-state index in [4.69, 9.17) is 4.74 Å². The van der Waals surface area contributed by atoms with Gasteiger partial charge in [0.15, 0.2) is 6.10 Å². The van der Waals surface area contributed by atoms with E-state index in [1.807, 2.05) is 30.3 Å². The summed E-state index contributed by atoms with van der Waals surface area (Å²) in [5, 5.41) is 0. The number of halogens is 4. The van der Waals surface area contributed by atoms with Crippen LogP contribution < -0.4 is 0 Å². The molecule has 0 spiro atoms. The van der Waals surface area contributed by atoms with Crippen molar-refractivity contribution in [3.05, 3.63) is 59.4 Å². The number of hydrogen-bond donors (Lipinski definition) is 0. The summed E-state index contributed by atoms with van der Waals surface area (Å²) in [7, 11) is 0. The molecule has 2 aliphatic rings. The molecule has 1 heterocycles. The van der Waals surface area contributed by atoms with Crippen LogP contribution in [0, 0.1) is 11.7 Å². The monoisotopic (exact) mass is 448 g/mol. The third-order valence-electron chi connectivity index (χ3n) is 7.34. The molecule has 2 atom stereocenters. The quantitative estimate of drug-likeness (QED) is 0.417. The smallest absolute Gasteiger partial charge is 0.368 e. The normalized spacial score (nSPS) is 26.8. The summed E-state index contributed by atoms with van der Waals surface area (Å²) in [5.74, 6) is 1.01. The van der Waals surface area contributed by atoms with Crippen LogP contribution in [0.15, 0.2) is 42.5 Å². The maximum absolute atomic E-state index is 15.0. The number of benzene rings is 2. The van der Waals surface area contributed by atoms with Crippen molar-refractivity contribution in [3.8, 4) is 11.1 Å². The van der Waals surface area contributed by atoms with E-state index in [1.54, 1.807) is 6.07 Å². The van der Waals surface area contributed by atoms with Crippen LogP contribution in [0.2, 0.25) is 0 Å². The highest BCUT2D eigenvalue weighted by Gasteiger charge is 2.43. The van der Waals surface area contributed by atoms with Gasteiger partial charge in [-0.05, 0) is 73.1 Å². The maximum Gasteiger partial charge on any atom is 0.414 e. The van der Waals surface area contributed by atoms with Crippen LogP contribution in [0.5, 0.6) is 0 Å². The van der Waals surface area contributed by atoms with Crippen LogP contribution in [-0.4, -0.2) is 18.9 Å². The van der Waals surface area contributed by atoms with E-state index in [2.05, 4.69) is 13.0 Å². The van der Waals surface area contributed by atoms with Crippen molar-refractivity contribution in [2.45, 2.75) is 82.4 Å². The van der Waals surface area contributed by atoms with Crippen LogP contribution in [0.3, 0.4) is 0 Å². The van der Waals surface area contributed by atoms with E-state index >= 15 is 0 Å². The Balaban J connectivity index is 1.39. The summed E-state index contributed by atoms with van der Waals surface area (Å²) >= 11 is 0. The van der Waals surface area contributed by atoms with Gasteiger partial charge in [0.25, 0.3) is 0 Å². The van der Waals surface area contributed by atoms with Crippen LogP contribution >= 0.6 is 0 Å². The SMILES string of the molecule is CCCC1CCC(c2ccc(-c3ccc(C4CCC(C(F)(F)F)OC4)cc3)c(F)c2)CC1. The van der Waals surface area contributed by atoms with E-state index in [9.17, 15) is 17.6 Å². The highest BCUT2D eigenvalue weighted by molar-refractivity contribution is 5.65. The number of rotatable bonds is 5. The molecule has 0 amide bonds. The van der Waals surface area contributed by atoms with Gasteiger partial charge in [-0.3, -0.25) is 0 Å². The minimum atomic E-state index is -4.30. The summed E-state index contributed by atoms with van der Waals surface area (Å²) < 4.78 is 58.4. The van der Waals surface area contributed by atoms with Gasteiger partial charge in [0.2, 0.25) is 0 Å². The Morgan fingerprint density at radius 3 is 2.06 bits per heavy atom. The van der Waals surface area contributed by atoms with Crippen molar-refractivity contribution in [1.29, 1.82) is 0 Å². The van der Waals surface area contributed by atoms with E-state index < -0.39 is 12.3 Å². The van der Waals surface area contributed by atoms with Gasteiger partial charge < -0.3 is 4.74 Å². The summed E-state index contributed by atoms with van der Waals surface area (Å²) in [5.41, 5.74) is 3.39. The molecule has 1 nitrogen and oxygen atoms in total. The molecule has 1 aliphatic carbocycles. The van der Waals surface area contributed by atoms with Crippen LogP contribution in [0.1, 0.15) is 81.3 Å². The van der Waals surface area contributed by atoms with Gasteiger partial charge >= 0.3 is 6.18 Å². The molecule has 1 aliphatic heterocycles. The lowest BCUT2D eigenvalue weighted by Crippen LogP contribution is -2.36. The molecular weight excluding hydrogens is 416 g/mol. The van der Waals surface area contributed by atoms with Crippen molar-refractivity contribution in [3.63, 3.8) is 0 Å². The summed E-state index contributed by atoms with van der Waals surface area (Å²) in [4.78, 5) is 0. The minimum Gasteiger partial charge on any atom is -0.368 e. The zero-order valence-electron chi connectivity index (χ0n) is 18.6. The first-order valence-electron chi connectivity index (χ1n) is 11.9. The summed E-state index contributed by atoms with van der Waals surface area (Å²) in [6.45, 7) is 2.30. The first kappa shape index (κ1) is 23.3. The van der Waals surface area contributed by atoms with Crippen LogP contribution in [0.25, 0.3) is 11.1 Å². The fourth-order valence-corrected chi connectivity index (χ4v) is 5.42. The molecule has 0 radical (unpaired) electrons. The molecule has 2 unspecified atom stereocenters. The number of hydrogen-bond acceptors (Lipinski definition) is 1. The molecule has 0 aromatic heterocycles. The standard InChI is InChI=1S/C27H32F4O/c1-2-3-18-4-6-19(7-5-18)22-12-14-24(25(28)16-22)21-10-8-20(9-11-21)23-13-15-26(32-17-23)27(29,30)31/h8-12,14,16,18-19,23,26H,2-7,13,15,17H2,1H3. The Labute approximate surface area is 188 Å². The summed E-state index contributed by atoms with van der Waals surface area (Å²) in [6.07, 6.45) is 1.73. The van der Waals surface area contributed by atoms with E-state index in [-0.39, 0.29) is 24.8 Å². The largest absolute Gasteiger partial charge is 0.414 e. The lowest BCUT2D eigenvalue weighted by Gasteiger charge is -2.30. The molecule has 0 bridgehead atoms. The fraction of sp³-hybridized carbons (Fsp3) is 0.556. The molecule has 174 valence electrons. The molecule has 0 N–H and O–H groups in total. The molecule has 1 saturated carbocycles. The third kappa shape index (κ3) is 5.36. The lowest BCUT2D eigenvalue weighted by molar-refractivity contribution is -0.232. The molecule has 32 heavy (non-hydrogen) atoms. The minimum absolute atomic E-state index is 0.0215. The van der Waals surface area contributed by atoms with Gasteiger partial charge in [-0.1, -0.05) is 56.2 Å². The van der Waals surface area contributed by atoms with Crippen molar-refractivity contribution in [2.24, 2.45) is 5.92 Å². The van der Waals surface area contributed by atoms with Crippen molar-refractivity contribution in [1.82, 2.24) is 0 Å². The van der Waals surface area contributed by atoms with E-state index in [0.717, 1.165) is 35.4 Å². The Morgan fingerprint density at radius 1 is 0.844 bits per heavy atom. The Kier molecular flexibility index (Phi) is 7.24. The first-order chi connectivity index (χ1) is 15.3. The van der Waals surface area contributed by atoms with Crippen molar-refractivity contribution in [2.75, 3.05) is 6.61 Å². The van der Waals surface area contributed by atoms with Gasteiger partial charge in [-0.15, -0.1) is 0 Å². The second kappa shape index (κ2) is 9.94. The molecule has 1 saturated heterocycles. The highest BCUT2D eigenvalue weighted by Crippen LogP contribution is 2.39. The topological polar surface area (TPSA) is 9.23 Å². The average molecular weight is 449 g/mol. The second-order valence-corrected chi connectivity index (χ2v) is 9.51. The maximum atomic E-state index is 15.0. The van der Waals surface area contributed by atoms with Gasteiger partial charge in [0.1, 0.15) is 5.82 Å². The van der Waals surface area contributed by atoms with E-state index in [0.29, 0.717) is 17.9 Å². The van der Waals surface area contributed by atoms with Crippen LogP contribution in [0.4, 0.5) is 17.6 Å². The third-order valence-corrected chi connectivity index (χ3v) is 7.34. The van der Waals surface area contributed by atoms with E-state index in [1.165, 1.54) is 25.7 Å². The Bertz CT molecular complexity index is 874. The van der Waals surface area contributed by atoms with Crippen LogP contribution in [-0.2, 0) is 4.74 Å². The van der Waals surface area contributed by atoms with Gasteiger partial charge in [-0.2, -0.15) is 13.2 Å². The molecule has 2 fully saturated rings. The predicted octanol–water partition coefficient (Wildman–Crippen LogP) is 8.39. The molecule has 5 heteroatoms. The zero-order valence-corrected chi connectivity index (χ0v) is 18.6. The highest BCUT2D eigenvalue weighted by atomic mass is 19.4. The number of ether oxygens (including phenoxy) is 1. The molecule has 2 aromatic rings. The fourth-order valence-electron chi connectivity index (χ4n) is 5.42. The molecule has 2 aromatic carbocycles. The zero-order chi connectivity index (χ0) is 22.7. The van der Waals surface area contributed by atoms with Crippen molar-refractivity contribution >= 4 is 0 Å². The summed E-state index contributed by atoms with van der Waals surface area (Å²) in [6, 6.07) is 13.1. The second-order valence-electron chi connectivity index (χ2n) is 9.51. The van der Waals surface area contributed by atoms with Gasteiger partial charge in [0.05, 0.1) is 6.61 Å². The van der Waals surface area contributed by atoms with Gasteiger partial charge in [-0.25, -0.2) is 4.39 Å². The number of alkyl halides is 3. The Morgan fingerprint density at radius 2 is 1.50 bits per heavy atom. The Hall–Kier alpha value is -1.88. The molecule has 4 rings (SSSR count). The molecular formula is C27H32F4O. The van der Waals surface area contributed by atoms with Gasteiger partial charge in [0, 0.05) is 11.5 Å². The first-order valence-corrected chi connectivity index (χ1v) is 11.9. The van der Waals surface area contributed by atoms with Crippen molar-refractivity contribution < 1.29 is 22.3 Å². The predicted molar refractivity (Wildman–Crippen MR) is 119 cm³/mol. The lowest BCUT2D eigenvalue weighted by atomic mass is 9.77.